The van der Waals surface area contributed by atoms with E-state index in [-0.39, 0.29) is 17.6 Å². The van der Waals surface area contributed by atoms with E-state index in [4.69, 9.17) is 0 Å². The summed E-state index contributed by atoms with van der Waals surface area (Å²) >= 11 is 0. The van der Waals surface area contributed by atoms with Gasteiger partial charge in [-0.15, -0.1) is 0 Å². The highest BCUT2D eigenvalue weighted by molar-refractivity contribution is 5.93. The second-order valence-electron chi connectivity index (χ2n) is 6.78. The van der Waals surface area contributed by atoms with Crippen LogP contribution in [0.3, 0.4) is 0 Å². The van der Waals surface area contributed by atoms with E-state index in [9.17, 15) is 14.0 Å². The molecule has 0 atom stereocenters. The third kappa shape index (κ3) is 4.82. The van der Waals surface area contributed by atoms with Gasteiger partial charge >= 0.3 is 0 Å². The van der Waals surface area contributed by atoms with Gasteiger partial charge in [0.05, 0.1) is 0 Å². The maximum absolute atomic E-state index is 13.7. The molecular weight excluding hydrogens is 361 g/mol. The number of piperazine rings is 1. The number of aromatic nitrogens is 2. The van der Waals surface area contributed by atoms with Gasteiger partial charge in [-0.1, -0.05) is 18.2 Å². The number of hydrogen-bond donors (Lipinski definition) is 1. The largest absolute Gasteiger partial charge is 0.354 e. The summed E-state index contributed by atoms with van der Waals surface area (Å²) in [7, 11) is 0. The van der Waals surface area contributed by atoms with E-state index in [1.54, 1.807) is 41.0 Å². The molecule has 8 heteroatoms. The van der Waals surface area contributed by atoms with Gasteiger partial charge in [-0.05, 0) is 31.0 Å². The SMILES string of the molecule is CC(=O)N1CCN(C(=O)c2cc(C)nc(NCCc3ccccc3F)n2)CC1. The molecule has 148 valence electrons. The van der Waals surface area contributed by atoms with Crippen molar-refractivity contribution in [2.24, 2.45) is 0 Å². The molecule has 1 N–H and O–H groups in total. The molecule has 1 saturated heterocycles. The Bertz CT molecular complexity index is 865. The molecule has 0 bridgehead atoms. The summed E-state index contributed by atoms with van der Waals surface area (Å²) < 4.78 is 13.7. The lowest BCUT2D eigenvalue weighted by atomic mass is 10.1. The number of nitrogens with zero attached hydrogens (tertiary/aromatic N) is 4. The van der Waals surface area contributed by atoms with Gasteiger partial charge in [0.1, 0.15) is 11.5 Å². The maximum atomic E-state index is 13.7. The molecule has 2 aromatic rings. The van der Waals surface area contributed by atoms with Gasteiger partial charge in [-0.3, -0.25) is 9.59 Å². The Morgan fingerprint density at radius 3 is 2.46 bits per heavy atom. The fraction of sp³-hybridized carbons (Fsp3) is 0.400. The summed E-state index contributed by atoms with van der Waals surface area (Å²) in [5.74, 6) is -0.0470. The third-order valence-electron chi connectivity index (χ3n) is 4.72. The normalized spacial score (nSPS) is 14.1. The van der Waals surface area contributed by atoms with Crippen molar-refractivity contribution in [3.05, 3.63) is 53.1 Å². The van der Waals surface area contributed by atoms with Crippen LogP contribution >= 0.6 is 0 Å². The molecule has 1 fully saturated rings. The van der Waals surface area contributed by atoms with Crippen LogP contribution in [0.2, 0.25) is 0 Å². The molecule has 7 nitrogen and oxygen atoms in total. The molecule has 0 aliphatic carbocycles. The average molecular weight is 385 g/mol. The Morgan fingerprint density at radius 2 is 1.79 bits per heavy atom. The lowest BCUT2D eigenvalue weighted by Crippen LogP contribution is -2.50. The molecule has 1 aromatic carbocycles. The topological polar surface area (TPSA) is 78.4 Å². The lowest BCUT2D eigenvalue weighted by Gasteiger charge is -2.34. The van der Waals surface area contributed by atoms with Crippen LogP contribution in [0.15, 0.2) is 30.3 Å². The van der Waals surface area contributed by atoms with Crippen LogP contribution in [-0.4, -0.2) is 64.3 Å². The Kier molecular flexibility index (Phi) is 6.18. The molecule has 2 amide bonds. The van der Waals surface area contributed by atoms with Gasteiger partial charge in [0, 0.05) is 45.3 Å². The monoisotopic (exact) mass is 385 g/mol. The van der Waals surface area contributed by atoms with Crippen molar-refractivity contribution in [1.29, 1.82) is 0 Å². The van der Waals surface area contributed by atoms with Crippen LogP contribution in [0.25, 0.3) is 0 Å². The average Bonchev–Trinajstić information content (AvgIpc) is 2.68. The number of benzene rings is 1. The van der Waals surface area contributed by atoms with E-state index < -0.39 is 0 Å². The van der Waals surface area contributed by atoms with E-state index in [1.165, 1.54) is 13.0 Å². The molecule has 28 heavy (non-hydrogen) atoms. The Balaban J connectivity index is 1.62. The van der Waals surface area contributed by atoms with Crippen LogP contribution in [0.4, 0.5) is 10.3 Å². The van der Waals surface area contributed by atoms with Gasteiger partial charge in [0.15, 0.2) is 0 Å². The van der Waals surface area contributed by atoms with Crippen molar-refractivity contribution in [1.82, 2.24) is 19.8 Å². The number of aryl methyl sites for hydroxylation is 1. The lowest BCUT2D eigenvalue weighted by molar-refractivity contribution is -0.130. The summed E-state index contributed by atoms with van der Waals surface area (Å²) in [5, 5.41) is 3.07. The minimum Gasteiger partial charge on any atom is -0.354 e. The summed E-state index contributed by atoms with van der Waals surface area (Å²) in [4.78, 5) is 36.3. The number of carbonyl (C=O) groups excluding carboxylic acids is 2. The van der Waals surface area contributed by atoms with Crippen molar-refractivity contribution >= 4 is 17.8 Å². The molecule has 1 aliphatic heterocycles. The smallest absolute Gasteiger partial charge is 0.272 e. The zero-order chi connectivity index (χ0) is 20.1. The van der Waals surface area contributed by atoms with Crippen LogP contribution in [0.1, 0.15) is 28.7 Å². The minimum atomic E-state index is -0.241. The van der Waals surface area contributed by atoms with Gasteiger partial charge in [-0.2, -0.15) is 0 Å². The Labute approximate surface area is 163 Å². The summed E-state index contributed by atoms with van der Waals surface area (Å²) in [6.45, 7) is 5.81. The highest BCUT2D eigenvalue weighted by Crippen LogP contribution is 2.12. The number of nitrogens with one attached hydrogen (secondary N) is 1. The number of carbonyl (C=O) groups is 2. The predicted octanol–water partition coefficient (Wildman–Crippen LogP) is 1.88. The summed E-state index contributed by atoms with van der Waals surface area (Å²) in [5.41, 5.74) is 1.61. The van der Waals surface area contributed by atoms with E-state index in [1.807, 2.05) is 0 Å². The first-order valence-corrected chi connectivity index (χ1v) is 9.32. The zero-order valence-electron chi connectivity index (χ0n) is 16.1. The fourth-order valence-electron chi connectivity index (χ4n) is 3.15. The minimum absolute atomic E-state index is 0.0197. The first kappa shape index (κ1) is 19.7. The van der Waals surface area contributed by atoms with E-state index in [0.29, 0.717) is 62.0 Å². The highest BCUT2D eigenvalue weighted by atomic mass is 19.1. The standard InChI is InChI=1S/C20H24FN5O2/c1-14-13-18(19(28)26-11-9-25(10-12-26)15(2)27)24-20(23-14)22-8-7-16-5-3-4-6-17(16)21/h3-6,13H,7-12H2,1-2H3,(H,22,23,24). The molecule has 0 spiro atoms. The summed E-state index contributed by atoms with van der Waals surface area (Å²) in [6.07, 6.45) is 0.486. The quantitative estimate of drug-likeness (QED) is 0.850. The maximum Gasteiger partial charge on any atom is 0.272 e. The second-order valence-corrected chi connectivity index (χ2v) is 6.78. The van der Waals surface area contributed by atoms with Gasteiger partial charge < -0.3 is 15.1 Å². The van der Waals surface area contributed by atoms with Gasteiger partial charge in [0.2, 0.25) is 11.9 Å². The van der Waals surface area contributed by atoms with Crippen LogP contribution in [0, 0.1) is 12.7 Å². The summed E-state index contributed by atoms with van der Waals surface area (Å²) in [6, 6.07) is 8.28. The number of hydrogen-bond acceptors (Lipinski definition) is 5. The molecular formula is C20H24FN5O2. The van der Waals surface area contributed by atoms with Crippen molar-refractivity contribution in [3.8, 4) is 0 Å². The number of halogens is 1. The van der Waals surface area contributed by atoms with Crippen LogP contribution in [0.5, 0.6) is 0 Å². The van der Waals surface area contributed by atoms with E-state index >= 15 is 0 Å². The molecule has 2 heterocycles. The van der Waals surface area contributed by atoms with Crippen molar-refractivity contribution in [2.75, 3.05) is 38.0 Å². The second kappa shape index (κ2) is 8.77. The Hall–Kier alpha value is -3.03. The fourth-order valence-corrected chi connectivity index (χ4v) is 3.15. The first-order chi connectivity index (χ1) is 13.4. The predicted molar refractivity (Wildman–Crippen MR) is 104 cm³/mol. The zero-order valence-corrected chi connectivity index (χ0v) is 16.1. The van der Waals surface area contributed by atoms with Crippen molar-refractivity contribution in [3.63, 3.8) is 0 Å². The number of anilines is 1. The van der Waals surface area contributed by atoms with Crippen LogP contribution in [-0.2, 0) is 11.2 Å². The molecule has 1 aromatic heterocycles. The first-order valence-electron chi connectivity index (χ1n) is 9.32. The molecule has 0 radical (unpaired) electrons. The van der Waals surface area contributed by atoms with Crippen LogP contribution < -0.4 is 5.32 Å². The number of amides is 2. The number of rotatable bonds is 5. The van der Waals surface area contributed by atoms with Gasteiger partial charge in [-0.25, -0.2) is 14.4 Å². The molecule has 3 rings (SSSR count). The Morgan fingerprint density at radius 1 is 1.11 bits per heavy atom. The van der Waals surface area contributed by atoms with E-state index in [2.05, 4.69) is 15.3 Å². The highest BCUT2D eigenvalue weighted by Gasteiger charge is 2.24. The molecule has 0 saturated carbocycles. The van der Waals surface area contributed by atoms with Crippen molar-refractivity contribution in [2.45, 2.75) is 20.3 Å². The van der Waals surface area contributed by atoms with Crippen molar-refractivity contribution < 1.29 is 14.0 Å². The molecule has 0 unspecified atom stereocenters. The third-order valence-corrected chi connectivity index (χ3v) is 4.72. The van der Waals surface area contributed by atoms with Gasteiger partial charge in [0.25, 0.3) is 5.91 Å². The van der Waals surface area contributed by atoms with E-state index in [0.717, 1.165) is 0 Å². The molecule has 1 aliphatic rings.